The molecule has 2 aromatic carbocycles. The first-order valence-electron chi connectivity index (χ1n) is 9.24. The second-order valence-electron chi connectivity index (χ2n) is 6.55. The number of phenols is 1. The second kappa shape index (κ2) is 9.15. The first-order valence-corrected chi connectivity index (χ1v) is 10.7. The van der Waals surface area contributed by atoms with Crippen molar-refractivity contribution in [2.45, 2.75) is 11.3 Å². The minimum atomic E-state index is -3.60. The Morgan fingerprint density at radius 3 is 2.14 bits per heavy atom. The molecular weight excluding hydrogens is 396 g/mol. The van der Waals surface area contributed by atoms with Crippen molar-refractivity contribution in [3.63, 3.8) is 0 Å². The molecule has 1 N–H and O–H groups in total. The van der Waals surface area contributed by atoms with Crippen molar-refractivity contribution in [1.82, 2.24) is 9.21 Å². The van der Waals surface area contributed by atoms with Crippen LogP contribution in [0.3, 0.4) is 0 Å². The van der Waals surface area contributed by atoms with Gasteiger partial charge in [-0.05, 0) is 48.5 Å². The standard InChI is InChI=1S/C20H24N2O6S/c1-27-17-6-8-19(9-7-17)29(25,26)22-13-11-21(12-14-22)20(24)10-15-28-18-4-2-16(23)3-5-18/h2-9,23H,10-15H2,1H3. The van der Waals surface area contributed by atoms with Crippen LogP contribution >= 0.6 is 0 Å². The summed E-state index contributed by atoms with van der Waals surface area (Å²) in [6.07, 6.45) is 0.201. The van der Waals surface area contributed by atoms with Crippen LogP contribution in [-0.4, -0.2) is 68.5 Å². The minimum Gasteiger partial charge on any atom is -0.508 e. The number of methoxy groups -OCH3 is 1. The summed E-state index contributed by atoms with van der Waals surface area (Å²) in [4.78, 5) is 14.2. The maximum atomic E-state index is 12.8. The van der Waals surface area contributed by atoms with E-state index in [1.54, 1.807) is 29.2 Å². The molecule has 0 radical (unpaired) electrons. The van der Waals surface area contributed by atoms with Gasteiger partial charge in [-0.15, -0.1) is 0 Å². The lowest BCUT2D eigenvalue weighted by Gasteiger charge is -2.34. The molecule has 1 heterocycles. The van der Waals surface area contributed by atoms with Crippen molar-refractivity contribution in [2.75, 3.05) is 39.9 Å². The molecule has 0 aromatic heterocycles. The molecule has 0 unspecified atom stereocenters. The van der Waals surface area contributed by atoms with E-state index in [4.69, 9.17) is 9.47 Å². The molecule has 29 heavy (non-hydrogen) atoms. The Labute approximate surface area is 170 Å². The summed E-state index contributed by atoms with van der Waals surface area (Å²) in [7, 11) is -2.07. The highest BCUT2D eigenvalue weighted by atomic mass is 32.2. The summed E-state index contributed by atoms with van der Waals surface area (Å²) >= 11 is 0. The first kappa shape index (κ1) is 20.9. The van der Waals surface area contributed by atoms with Crippen LogP contribution in [0.5, 0.6) is 17.2 Å². The molecule has 1 saturated heterocycles. The third-order valence-corrected chi connectivity index (χ3v) is 6.62. The van der Waals surface area contributed by atoms with Gasteiger partial charge in [-0.1, -0.05) is 0 Å². The molecule has 0 aliphatic carbocycles. The lowest BCUT2D eigenvalue weighted by molar-refractivity contribution is -0.132. The SMILES string of the molecule is COc1ccc(S(=O)(=O)N2CCN(C(=O)CCOc3ccc(O)cc3)CC2)cc1. The lowest BCUT2D eigenvalue weighted by atomic mass is 10.3. The molecule has 3 rings (SSSR count). The molecule has 2 aromatic rings. The summed E-state index contributed by atoms with van der Waals surface area (Å²) in [5.41, 5.74) is 0. The number of carbonyl (C=O) groups is 1. The topological polar surface area (TPSA) is 96.4 Å². The summed E-state index contributed by atoms with van der Waals surface area (Å²) < 4.78 is 37.5. The third kappa shape index (κ3) is 5.18. The van der Waals surface area contributed by atoms with E-state index in [0.29, 0.717) is 24.6 Å². The van der Waals surface area contributed by atoms with Crippen molar-refractivity contribution in [2.24, 2.45) is 0 Å². The number of sulfonamides is 1. The second-order valence-corrected chi connectivity index (χ2v) is 8.49. The molecule has 1 amide bonds. The highest BCUT2D eigenvalue weighted by molar-refractivity contribution is 7.89. The first-order chi connectivity index (χ1) is 13.9. The van der Waals surface area contributed by atoms with Crippen LogP contribution in [0.1, 0.15) is 6.42 Å². The van der Waals surface area contributed by atoms with Crippen LogP contribution in [0.15, 0.2) is 53.4 Å². The van der Waals surface area contributed by atoms with Gasteiger partial charge in [-0.2, -0.15) is 4.31 Å². The summed E-state index contributed by atoms with van der Waals surface area (Å²) in [6.45, 7) is 1.40. The van der Waals surface area contributed by atoms with Gasteiger partial charge in [0.25, 0.3) is 0 Å². The number of amides is 1. The summed E-state index contributed by atoms with van der Waals surface area (Å²) in [6, 6.07) is 12.5. The average Bonchev–Trinajstić information content (AvgIpc) is 2.75. The number of nitrogens with zero attached hydrogens (tertiary/aromatic N) is 2. The Bertz CT molecular complexity index is 920. The number of rotatable bonds is 7. The maximum Gasteiger partial charge on any atom is 0.243 e. The number of hydrogen-bond acceptors (Lipinski definition) is 6. The highest BCUT2D eigenvalue weighted by Crippen LogP contribution is 2.21. The third-order valence-electron chi connectivity index (χ3n) is 4.71. The number of carbonyl (C=O) groups excluding carboxylic acids is 1. The van der Waals surface area contributed by atoms with Crippen molar-refractivity contribution >= 4 is 15.9 Å². The summed E-state index contributed by atoms with van der Waals surface area (Å²) in [5.74, 6) is 1.24. The molecule has 156 valence electrons. The van der Waals surface area contributed by atoms with Gasteiger partial charge in [0, 0.05) is 26.2 Å². The predicted octanol–water partition coefficient (Wildman–Crippen LogP) is 1.70. The number of aromatic hydroxyl groups is 1. The molecule has 8 nitrogen and oxygen atoms in total. The highest BCUT2D eigenvalue weighted by Gasteiger charge is 2.30. The average molecular weight is 420 g/mol. The zero-order valence-corrected chi connectivity index (χ0v) is 17.0. The number of piperazine rings is 1. The van der Waals surface area contributed by atoms with Crippen LogP contribution in [0.4, 0.5) is 0 Å². The minimum absolute atomic E-state index is 0.0785. The quantitative estimate of drug-likeness (QED) is 0.733. The smallest absolute Gasteiger partial charge is 0.243 e. The molecule has 0 spiro atoms. The number of hydrogen-bond donors (Lipinski definition) is 1. The van der Waals surface area contributed by atoms with Gasteiger partial charge in [-0.25, -0.2) is 8.42 Å². The van der Waals surface area contributed by atoms with E-state index in [9.17, 15) is 18.3 Å². The van der Waals surface area contributed by atoms with E-state index >= 15 is 0 Å². The van der Waals surface area contributed by atoms with Gasteiger partial charge in [0.2, 0.25) is 15.9 Å². The van der Waals surface area contributed by atoms with Crippen molar-refractivity contribution in [1.29, 1.82) is 0 Å². The van der Waals surface area contributed by atoms with Gasteiger partial charge in [-0.3, -0.25) is 4.79 Å². The fourth-order valence-electron chi connectivity index (χ4n) is 3.03. The Balaban J connectivity index is 1.48. The van der Waals surface area contributed by atoms with E-state index in [-0.39, 0.29) is 42.7 Å². The normalized spacial score (nSPS) is 15.1. The van der Waals surface area contributed by atoms with Crippen molar-refractivity contribution < 1.29 is 27.8 Å². The van der Waals surface area contributed by atoms with Crippen LogP contribution in [0.2, 0.25) is 0 Å². The van der Waals surface area contributed by atoms with Gasteiger partial charge in [0.15, 0.2) is 0 Å². The zero-order valence-electron chi connectivity index (χ0n) is 16.2. The van der Waals surface area contributed by atoms with Gasteiger partial charge >= 0.3 is 0 Å². The maximum absolute atomic E-state index is 12.8. The van der Waals surface area contributed by atoms with Gasteiger partial charge in [0.05, 0.1) is 25.0 Å². The van der Waals surface area contributed by atoms with Crippen LogP contribution in [0.25, 0.3) is 0 Å². The molecule has 1 aliphatic rings. The van der Waals surface area contributed by atoms with E-state index < -0.39 is 10.0 Å². The molecule has 1 aliphatic heterocycles. The number of benzene rings is 2. The van der Waals surface area contributed by atoms with E-state index in [1.807, 2.05) is 0 Å². The largest absolute Gasteiger partial charge is 0.508 e. The monoisotopic (exact) mass is 420 g/mol. The fraction of sp³-hybridized carbons (Fsp3) is 0.350. The predicted molar refractivity (Wildman–Crippen MR) is 107 cm³/mol. The number of phenolic OH excluding ortho intramolecular Hbond substituents is 1. The van der Waals surface area contributed by atoms with Crippen LogP contribution in [-0.2, 0) is 14.8 Å². The molecule has 1 fully saturated rings. The molecule has 0 saturated carbocycles. The lowest BCUT2D eigenvalue weighted by Crippen LogP contribution is -2.50. The van der Waals surface area contributed by atoms with E-state index in [0.717, 1.165) is 0 Å². The fourth-order valence-corrected chi connectivity index (χ4v) is 4.45. The Hall–Kier alpha value is -2.78. The summed E-state index contributed by atoms with van der Waals surface area (Å²) in [5, 5.41) is 9.25. The van der Waals surface area contributed by atoms with Gasteiger partial charge in [0.1, 0.15) is 17.2 Å². The molecule has 0 atom stereocenters. The van der Waals surface area contributed by atoms with E-state index in [1.165, 1.54) is 35.7 Å². The van der Waals surface area contributed by atoms with Crippen LogP contribution in [0, 0.1) is 0 Å². The van der Waals surface area contributed by atoms with Gasteiger partial charge < -0.3 is 19.5 Å². The Kier molecular flexibility index (Phi) is 6.60. The molecule has 9 heteroatoms. The Morgan fingerprint density at radius 1 is 0.966 bits per heavy atom. The van der Waals surface area contributed by atoms with Crippen molar-refractivity contribution in [3.8, 4) is 17.2 Å². The Morgan fingerprint density at radius 2 is 1.55 bits per heavy atom. The molecular formula is C20H24N2O6S. The van der Waals surface area contributed by atoms with Crippen molar-refractivity contribution in [3.05, 3.63) is 48.5 Å². The zero-order chi connectivity index (χ0) is 20.9. The van der Waals surface area contributed by atoms with E-state index in [2.05, 4.69) is 0 Å². The molecule has 0 bridgehead atoms. The number of ether oxygens (including phenoxy) is 2. The van der Waals surface area contributed by atoms with Crippen LogP contribution < -0.4 is 9.47 Å².